The molecule has 144 valence electrons. The molecule has 3 heterocycles. The molecule has 2 aliphatic rings. The van der Waals surface area contributed by atoms with Gasteiger partial charge in [0.15, 0.2) is 0 Å². The normalized spacial score (nSPS) is 24.2. The van der Waals surface area contributed by atoms with E-state index in [0.717, 1.165) is 50.5 Å². The Kier molecular flexibility index (Phi) is 5.47. The van der Waals surface area contributed by atoms with Crippen molar-refractivity contribution in [2.24, 2.45) is 5.92 Å². The van der Waals surface area contributed by atoms with E-state index in [2.05, 4.69) is 25.9 Å². The molecule has 0 bridgehead atoms. The maximum absolute atomic E-state index is 11.9. The van der Waals surface area contributed by atoms with Gasteiger partial charge in [0.2, 0.25) is 11.7 Å². The van der Waals surface area contributed by atoms with E-state index in [1.165, 1.54) is 7.11 Å². The maximum Gasteiger partial charge on any atom is 0.324 e. The number of nitrogens with zero attached hydrogens (tertiary/aromatic N) is 3. The summed E-state index contributed by atoms with van der Waals surface area (Å²) in [5, 5.41) is 4.13. The fourth-order valence-electron chi connectivity index (χ4n) is 3.88. The molecule has 27 heavy (non-hydrogen) atoms. The van der Waals surface area contributed by atoms with Crippen LogP contribution in [-0.4, -0.2) is 60.3 Å². The third-order valence-electron chi connectivity index (χ3n) is 5.45. The zero-order valence-electron chi connectivity index (χ0n) is 15.4. The smallest absolute Gasteiger partial charge is 0.324 e. The van der Waals surface area contributed by atoms with Crippen molar-refractivity contribution in [2.45, 2.75) is 24.8 Å². The van der Waals surface area contributed by atoms with Gasteiger partial charge in [-0.15, -0.1) is 0 Å². The lowest BCUT2D eigenvalue weighted by Crippen LogP contribution is -2.44. The molecule has 4 rings (SSSR count). The van der Waals surface area contributed by atoms with Crippen LogP contribution in [0.15, 0.2) is 34.9 Å². The summed E-state index contributed by atoms with van der Waals surface area (Å²) >= 11 is 0. The lowest BCUT2D eigenvalue weighted by atomic mass is 9.94. The number of methoxy groups -OCH3 is 1. The first kappa shape index (κ1) is 18.1. The summed E-state index contributed by atoms with van der Waals surface area (Å²) in [5.74, 6) is 1.67. The molecule has 8 heteroatoms. The number of carbonyl (C=O) groups is 1. The zero-order valence-corrected chi connectivity index (χ0v) is 15.4. The summed E-state index contributed by atoms with van der Waals surface area (Å²) < 4.78 is 10.4. The van der Waals surface area contributed by atoms with Crippen molar-refractivity contribution in [3.8, 4) is 11.4 Å². The zero-order chi connectivity index (χ0) is 18.6. The van der Waals surface area contributed by atoms with Gasteiger partial charge in [0, 0.05) is 30.5 Å². The van der Waals surface area contributed by atoms with Gasteiger partial charge in [0.25, 0.3) is 0 Å². The number of rotatable bonds is 5. The van der Waals surface area contributed by atoms with E-state index >= 15 is 0 Å². The topological polar surface area (TPSA) is 92.5 Å². The molecule has 0 amide bonds. The van der Waals surface area contributed by atoms with Crippen molar-refractivity contribution in [1.82, 2.24) is 25.9 Å². The summed E-state index contributed by atoms with van der Waals surface area (Å²) in [6.45, 7) is 3.55. The van der Waals surface area contributed by atoms with Gasteiger partial charge in [-0.2, -0.15) is 4.98 Å². The summed E-state index contributed by atoms with van der Waals surface area (Å²) in [5.41, 5.74) is 7.06. The van der Waals surface area contributed by atoms with Gasteiger partial charge in [-0.3, -0.25) is 10.2 Å². The van der Waals surface area contributed by atoms with Crippen LogP contribution in [-0.2, 0) is 9.53 Å². The van der Waals surface area contributed by atoms with E-state index in [-0.39, 0.29) is 17.9 Å². The Labute approximate surface area is 158 Å². The van der Waals surface area contributed by atoms with Gasteiger partial charge in [-0.1, -0.05) is 35.5 Å². The second-order valence-electron chi connectivity index (χ2n) is 7.18. The highest BCUT2D eigenvalue weighted by Crippen LogP contribution is 2.29. The standard InChI is InChI=1S/C19H25N5O3/c1-26-19(25)16-15(11-20-22-16)12-24-9-7-14(8-10-24)18-21-17(23-27-18)13-5-3-2-4-6-13/h2-6,14-16,20,22H,7-12H2,1H3. The van der Waals surface area contributed by atoms with Crippen LogP contribution in [0.3, 0.4) is 0 Å². The predicted octanol–water partition coefficient (Wildman–Crippen LogP) is 1.18. The number of carbonyl (C=O) groups excluding carboxylic acids is 1. The van der Waals surface area contributed by atoms with Crippen molar-refractivity contribution in [3.05, 3.63) is 36.2 Å². The molecule has 2 aliphatic heterocycles. The Morgan fingerprint density at radius 2 is 2.07 bits per heavy atom. The molecular weight excluding hydrogens is 346 g/mol. The lowest BCUT2D eigenvalue weighted by Gasteiger charge is -2.32. The summed E-state index contributed by atoms with van der Waals surface area (Å²) in [6.07, 6.45) is 1.96. The number of aromatic nitrogens is 2. The second-order valence-corrected chi connectivity index (χ2v) is 7.18. The summed E-state index contributed by atoms with van der Waals surface area (Å²) in [7, 11) is 1.43. The van der Waals surface area contributed by atoms with Crippen LogP contribution in [0.5, 0.6) is 0 Å². The lowest BCUT2D eigenvalue weighted by molar-refractivity contribution is -0.144. The van der Waals surface area contributed by atoms with Gasteiger partial charge in [-0.25, -0.2) is 5.43 Å². The number of piperidine rings is 1. The molecule has 0 radical (unpaired) electrons. The molecule has 2 saturated heterocycles. The van der Waals surface area contributed by atoms with Crippen molar-refractivity contribution >= 4 is 5.97 Å². The molecule has 2 N–H and O–H groups in total. The first-order valence-corrected chi connectivity index (χ1v) is 9.42. The maximum atomic E-state index is 11.9. The van der Waals surface area contributed by atoms with E-state index in [4.69, 9.17) is 9.26 Å². The van der Waals surface area contributed by atoms with Gasteiger partial charge >= 0.3 is 5.97 Å². The van der Waals surface area contributed by atoms with Crippen molar-refractivity contribution in [3.63, 3.8) is 0 Å². The highest BCUT2D eigenvalue weighted by molar-refractivity contribution is 5.76. The first-order valence-electron chi connectivity index (χ1n) is 9.42. The van der Waals surface area contributed by atoms with Crippen LogP contribution in [0.1, 0.15) is 24.7 Å². The van der Waals surface area contributed by atoms with Gasteiger partial charge in [-0.05, 0) is 25.9 Å². The molecule has 1 aromatic carbocycles. The van der Waals surface area contributed by atoms with Crippen LogP contribution in [0, 0.1) is 5.92 Å². The Morgan fingerprint density at radius 3 is 2.81 bits per heavy atom. The van der Waals surface area contributed by atoms with Crippen LogP contribution in [0.25, 0.3) is 11.4 Å². The molecule has 0 aliphatic carbocycles. The monoisotopic (exact) mass is 371 g/mol. The highest BCUT2D eigenvalue weighted by Gasteiger charge is 2.36. The van der Waals surface area contributed by atoms with Crippen LogP contribution in [0.2, 0.25) is 0 Å². The molecule has 2 aromatic rings. The van der Waals surface area contributed by atoms with E-state index in [1.54, 1.807) is 0 Å². The molecule has 0 spiro atoms. The number of nitrogens with one attached hydrogen (secondary N) is 2. The molecule has 2 fully saturated rings. The number of benzene rings is 1. The van der Waals surface area contributed by atoms with E-state index < -0.39 is 0 Å². The van der Waals surface area contributed by atoms with Gasteiger partial charge in [0.05, 0.1) is 7.11 Å². The predicted molar refractivity (Wildman–Crippen MR) is 98.6 cm³/mol. The van der Waals surface area contributed by atoms with Crippen LogP contribution >= 0.6 is 0 Å². The number of esters is 1. The minimum atomic E-state index is -0.280. The van der Waals surface area contributed by atoms with Gasteiger partial charge in [0.1, 0.15) is 6.04 Å². The van der Waals surface area contributed by atoms with Crippen LogP contribution < -0.4 is 10.9 Å². The first-order chi connectivity index (χ1) is 13.2. The number of hydrogen-bond acceptors (Lipinski definition) is 8. The number of likely N-dealkylation sites (tertiary alicyclic amines) is 1. The van der Waals surface area contributed by atoms with Gasteiger partial charge < -0.3 is 14.2 Å². The summed E-state index contributed by atoms with van der Waals surface area (Å²) in [6, 6.07) is 9.60. The summed E-state index contributed by atoms with van der Waals surface area (Å²) in [4.78, 5) is 18.9. The molecule has 1 aromatic heterocycles. The number of hydrogen-bond donors (Lipinski definition) is 2. The average Bonchev–Trinajstić information content (AvgIpc) is 3.39. The van der Waals surface area contributed by atoms with Crippen molar-refractivity contribution in [1.29, 1.82) is 0 Å². The molecular formula is C19H25N5O3. The molecule has 8 nitrogen and oxygen atoms in total. The van der Waals surface area contributed by atoms with Crippen molar-refractivity contribution in [2.75, 3.05) is 33.3 Å². The van der Waals surface area contributed by atoms with Crippen LogP contribution in [0.4, 0.5) is 0 Å². The largest absolute Gasteiger partial charge is 0.468 e. The number of ether oxygens (including phenoxy) is 1. The minimum Gasteiger partial charge on any atom is -0.468 e. The minimum absolute atomic E-state index is 0.209. The Bertz CT molecular complexity index is 758. The Hall–Kier alpha value is -2.29. The van der Waals surface area contributed by atoms with E-state index in [1.807, 2.05) is 30.3 Å². The Balaban J connectivity index is 1.32. The SMILES string of the molecule is COC(=O)C1NNCC1CN1CCC(c2nc(-c3ccccc3)no2)CC1. The fraction of sp³-hybridized carbons (Fsp3) is 0.526. The third-order valence-corrected chi connectivity index (χ3v) is 5.45. The van der Waals surface area contributed by atoms with Crippen molar-refractivity contribution < 1.29 is 14.1 Å². The third kappa shape index (κ3) is 4.02. The molecule has 2 unspecified atom stereocenters. The highest BCUT2D eigenvalue weighted by atomic mass is 16.5. The fourth-order valence-corrected chi connectivity index (χ4v) is 3.88. The molecule has 0 saturated carbocycles. The average molecular weight is 371 g/mol. The number of hydrazine groups is 1. The second kappa shape index (κ2) is 8.16. The molecule has 2 atom stereocenters. The van der Waals surface area contributed by atoms with E-state index in [0.29, 0.717) is 11.7 Å². The quantitative estimate of drug-likeness (QED) is 0.757. The Morgan fingerprint density at radius 1 is 1.30 bits per heavy atom. The van der Waals surface area contributed by atoms with E-state index in [9.17, 15) is 4.79 Å².